The minimum atomic E-state index is -4.26. The second-order valence-corrected chi connectivity index (χ2v) is 2.09. The molecule has 0 aliphatic rings. The van der Waals surface area contributed by atoms with Gasteiger partial charge in [0.25, 0.3) is 0 Å². The number of hydrogen-bond acceptors (Lipinski definition) is 3. The second kappa shape index (κ2) is 8.70. The molecule has 0 heterocycles. The van der Waals surface area contributed by atoms with E-state index in [-0.39, 0.29) is 65.7 Å². The molecule has 0 spiro atoms. The van der Waals surface area contributed by atoms with E-state index in [2.05, 4.69) is 10.8 Å². The first kappa shape index (κ1) is 17.6. The molecule has 0 bridgehead atoms. The summed E-state index contributed by atoms with van der Waals surface area (Å²) in [6, 6.07) is 0. The van der Waals surface area contributed by atoms with E-state index in [0.29, 0.717) is 0 Å². The minimum absolute atomic E-state index is 0. The van der Waals surface area contributed by atoms with Gasteiger partial charge in [0, 0.05) is 0 Å². The average Bonchev–Trinajstić information content (AvgIpc) is 1.59. The average molecular weight is 186 g/mol. The molecular weight excluding hydrogens is 178 g/mol. The predicted molar refractivity (Wildman–Crippen MR) is 42.0 cm³/mol. The summed E-state index contributed by atoms with van der Waals surface area (Å²) in [5.41, 5.74) is 0. The zero-order valence-electron chi connectivity index (χ0n) is 4.07. The molecule has 0 fully saturated rings. The fraction of sp³-hybridized carbons (Fsp3) is 0.333. The fourth-order valence-electron chi connectivity index (χ4n) is 0.134. The van der Waals surface area contributed by atoms with Gasteiger partial charge in [-0.15, -0.1) is 6.58 Å². The van der Waals surface area contributed by atoms with Crippen LogP contribution in [0.15, 0.2) is 12.7 Å². The Morgan fingerprint density at radius 3 is 2.00 bits per heavy atom. The van der Waals surface area contributed by atoms with E-state index in [0.717, 1.165) is 0 Å². The zero-order valence-corrected chi connectivity index (χ0v) is 4.89. The van der Waals surface area contributed by atoms with Crippen molar-refractivity contribution < 1.29 is 17.2 Å². The van der Waals surface area contributed by atoms with Crippen LogP contribution in [0.4, 0.5) is 0 Å². The number of rotatable bonds is 3. The third-order valence-electron chi connectivity index (χ3n) is 0.335. The van der Waals surface area contributed by atoms with Crippen LogP contribution in [0, 0.1) is 0 Å². The van der Waals surface area contributed by atoms with Gasteiger partial charge in [-0.1, -0.05) is 6.08 Å². The van der Waals surface area contributed by atoms with Crippen molar-refractivity contribution in [1.82, 2.24) is 0 Å². The third-order valence-corrected chi connectivity index (χ3v) is 0.769. The second-order valence-electron chi connectivity index (χ2n) is 1.00. The van der Waals surface area contributed by atoms with Crippen LogP contribution in [-0.4, -0.2) is 78.7 Å². The van der Waals surface area contributed by atoms with Crippen molar-refractivity contribution in [3.8, 4) is 0 Å². The summed E-state index contributed by atoms with van der Waals surface area (Å²) in [4.78, 5) is 0. The first-order valence-electron chi connectivity index (χ1n) is 1.79. The van der Waals surface area contributed by atoms with E-state index in [1.165, 1.54) is 6.08 Å². The standard InChI is InChI=1S/C3H6O4S.2Na.2H/c1-2-3-7-8(4,5)6;;;;/h2H,1,3H2,(H,4,5,6);;;;. The van der Waals surface area contributed by atoms with E-state index in [4.69, 9.17) is 4.55 Å². The molecule has 0 unspecified atom stereocenters. The summed E-state index contributed by atoms with van der Waals surface area (Å²) >= 11 is 0. The quantitative estimate of drug-likeness (QED) is 0.338. The van der Waals surface area contributed by atoms with Crippen LogP contribution in [0.5, 0.6) is 0 Å². The number of hydrogen-bond donors (Lipinski definition) is 1. The van der Waals surface area contributed by atoms with Crippen molar-refractivity contribution in [2.24, 2.45) is 0 Å². The van der Waals surface area contributed by atoms with Gasteiger partial charge in [-0.3, -0.25) is 4.55 Å². The van der Waals surface area contributed by atoms with Crippen molar-refractivity contribution in [2.75, 3.05) is 6.61 Å². The first-order chi connectivity index (χ1) is 3.56. The molecule has 52 valence electrons. The van der Waals surface area contributed by atoms with Crippen molar-refractivity contribution >= 4 is 69.5 Å². The summed E-state index contributed by atoms with van der Waals surface area (Å²) in [6.45, 7) is 2.97. The fourth-order valence-corrected chi connectivity index (χ4v) is 0.402. The molecule has 0 amide bonds. The molecule has 0 aromatic rings. The van der Waals surface area contributed by atoms with E-state index in [1.54, 1.807) is 0 Å². The van der Waals surface area contributed by atoms with Gasteiger partial charge < -0.3 is 0 Å². The van der Waals surface area contributed by atoms with E-state index in [9.17, 15) is 8.42 Å². The summed E-state index contributed by atoms with van der Waals surface area (Å²) in [5, 5.41) is 0. The van der Waals surface area contributed by atoms with E-state index < -0.39 is 10.4 Å². The topological polar surface area (TPSA) is 63.6 Å². The van der Waals surface area contributed by atoms with Crippen molar-refractivity contribution in [3.63, 3.8) is 0 Å². The van der Waals surface area contributed by atoms with Gasteiger partial charge in [0.1, 0.15) is 0 Å². The van der Waals surface area contributed by atoms with Crippen LogP contribution < -0.4 is 0 Å². The summed E-state index contributed by atoms with van der Waals surface area (Å²) in [6.07, 6.45) is 1.22. The maximum atomic E-state index is 9.68. The predicted octanol–water partition coefficient (Wildman–Crippen LogP) is -1.31. The van der Waals surface area contributed by atoms with Crippen LogP contribution in [0.3, 0.4) is 0 Å². The molecule has 1 N–H and O–H groups in total. The van der Waals surface area contributed by atoms with Crippen LogP contribution in [0.2, 0.25) is 0 Å². The van der Waals surface area contributed by atoms with Crippen LogP contribution in [0.1, 0.15) is 0 Å². The summed E-state index contributed by atoms with van der Waals surface area (Å²) in [7, 11) is -4.26. The van der Waals surface area contributed by atoms with E-state index in [1.807, 2.05) is 0 Å². The Bertz CT molecular complexity index is 163. The monoisotopic (exact) mass is 186 g/mol. The first-order valence-corrected chi connectivity index (χ1v) is 3.15. The maximum absolute atomic E-state index is 9.68. The molecule has 0 aromatic heterocycles. The van der Waals surface area contributed by atoms with Gasteiger partial charge in [-0.2, -0.15) is 8.42 Å². The molecule has 0 saturated heterocycles. The Labute approximate surface area is 105 Å². The Morgan fingerprint density at radius 2 is 1.90 bits per heavy atom. The molecule has 4 nitrogen and oxygen atoms in total. The van der Waals surface area contributed by atoms with Gasteiger partial charge in [0.15, 0.2) is 0 Å². The zero-order chi connectivity index (χ0) is 6.62. The van der Waals surface area contributed by atoms with Gasteiger partial charge >= 0.3 is 69.5 Å². The SMILES string of the molecule is C=CCOS(=O)(=O)O.[NaH].[NaH]. The Morgan fingerprint density at radius 1 is 1.50 bits per heavy atom. The Kier molecular flexibility index (Phi) is 15.3. The third kappa shape index (κ3) is 16.3. The van der Waals surface area contributed by atoms with Crippen LogP contribution >= 0.6 is 0 Å². The molecule has 0 atom stereocenters. The molecule has 0 aliphatic carbocycles. The van der Waals surface area contributed by atoms with E-state index >= 15 is 0 Å². The Balaban J connectivity index is -0.000000245. The van der Waals surface area contributed by atoms with Crippen molar-refractivity contribution in [1.29, 1.82) is 0 Å². The molecule has 10 heavy (non-hydrogen) atoms. The summed E-state index contributed by atoms with van der Waals surface area (Å²) in [5.74, 6) is 0. The Hall–Kier alpha value is 1.61. The van der Waals surface area contributed by atoms with Crippen LogP contribution in [-0.2, 0) is 14.6 Å². The van der Waals surface area contributed by atoms with Gasteiger partial charge in [-0.25, -0.2) is 4.18 Å². The molecule has 0 rings (SSSR count). The van der Waals surface area contributed by atoms with Gasteiger partial charge in [0.2, 0.25) is 0 Å². The van der Waals surface area contributed by atoms with Crippen LogP contribution in [0.25, 0.3) is 0 Å². The molecule has 0 saturated carbocycles. The molecule has 0 radical (unpaired) electrons. The molecule has 0 aromatic carbocycles. The van der Waals surface area contributed by atoms with Gasteiger partial charge in [0.05, 0.1) is 6.61 Å². The van der Waals surface area contributed by atoms with Crippen molar-refractivity contribution in [3.05, 3.63) is 12.7 Å². The molecule has 0 aliphatic heterocycles. The normalized spacial score (nSPS) is 8.90. The molecule has 7 heteroatoms. The van der Waals surface area contributed by atoms with Gasteiger partial charge in [-0.05, 0) is 0 Å². The molecular formula is C3H8Na2O4S. The summed E-state index contributed by atoms with van der Waals surface area (Å²) < 4.78 is 31.0. The van der Waals surface area contributed by atoms with Crippen molar-refractivity contribution in [2.45, 2.75) is 0 Å².